The van der Waals surface area contributed by atoms with Gasteiger partial charge in [-0.15, -0.1) is 32.9 Å². The summed E-state index contributed by atoms with van der Waals surface area (Å²) >= 11 is 4.32. The number of thioether (sulfide) groups is 1. The summed E-state index contributed by atoms with van der Waals surface area (Å²) in [7, 11) is 0. The number of nitrogens with zero attached hydrogens (tertiary/aromatic N) is 4. The van der Waals surface area contributed by atoms with Crippen LogP contribution in [0.2, 0.25) is 0 Å². The van der Waals surface area contributed by atoms with Crippen LogP contribution in [0.3, 0.4) is 0 Å². The van der Waals surface area contributed by atoms with Crippen molar-refractivity contribution in [3.63, 3.8) is 0 Å². The van der Waals surface area contributed by atoms with Crippen LogP contribution in [0.4, 0.5) is 5.13 Å². The van der Waals surface area contributed by atoms with Gasteiger partial charge in [0.15, 0.2) is 16.1 Å². The minimum Gasteiger partial charge on any atom is -0.466 e. The normalized spacial score (nSPS) is 11.2. The summed E-state index contributed by atoms with van der Waals surface area (Å²) in [5, 5.41) is 16.5. The fourth-order valence-corrected chi connectivity index (χ4v) is 5.31. The fraction of sp³-hybridized carbons (Fsp3) is 0.450. The van der Waals surface area contributed by atoms with Crippen LogP contribution in [0, 0.1) is 13.8 Å². The van der Waals surface area contributed by atoms with Crippen molar-refractivity contribution < 1.29 is 14.3 Å². The number of ether oxygens (including phenoxy) is 1. The standard InChI is InChI=1S/C20H25N5O3S3/c1-6-28-17(27)7-14-8-30-19(21-14)22-16(26)10-31-20-24-23-18(25(20)11(2)3)15-9-29-13(5)12(15)4/h8-9,11H,6-7,10H2,1-5H3,(H,21,22,26). The van der Waals surface area contributed by atoms with Gasteiger partial charge in [-0.1, -0.05) is 11.8 Å². The lowest BCUT2D eigenvalue weighted by Gasteiger charge is -2.13. The second-order valence-corrected chi connectivity index (χ2v) is 9.95. The van der Waals surface area contributed by atoms with E-state index in [9.17, 15) is 9.59 Å². The molecule has 11 heteroatoms. The van der Waals surface area contributed by atoms with Gasteiger partial charge in [-0.25, -0.2) is 4.98 Å². The van der Waals surface area contributed by atoms with Gasteiger partial charge >= 0.3 is 5.97 Å². The molecule has 31 heavy (non-hydrogen) atoms. The third-order valence-electron chi connectivity index (χ3n) is 4.47. The predicted molar refractivity (Wildman–Crippen MR) is 125 cm³/mol. The number of rotatable bonds is 9. The van der Waals surface area contributed by atoms with E-state index in [1.165, 1.54) is 33.5 Å². The van der Waals surface area contributed by atoms with Gasteiger partial charge in [-0.3, -0.25) is 14.2 Å². The van der Waals surface area contributed by atoms with Crippen LogP contribution >= 0.6 is 34.4 Å². The van der Waals surface area contributed by atoms with Gasteiger partial charge in [-0.2, -0.15) is 0 Å². The maximum atomic E-state index is 12.4. The largest absolute Gasteiger partial charge is 0.466 e. The average molecular weight is 480 g/mol. The van der Waals surface area contributed by atoms with Crippen LogP contribution in [0.5, 0.6) is 0 Å². The van der Waals surface area contributed by atoms with Crippen molar-refractivity contribution in [2.45, 2.75) is 52.2 Å². The molecule has 0 bridgehead atoms. The van der Waals surface area contributed by atoms with Crippen molar-refractivity contribution in [2.75, 3.05) is 17.7 Å². The first kappa shape index (κ1) is 23.4. The van der Waals surface area contributed by atoms with Crippen LogP contribution < -0.4 is 5.32 Å². The lowest BCUT2D eigenvalue weighted by molar-refractivity contribution is -0.142. The van der Waals surface area contributed by atoms with Gasteiger partial charge in [-0.05, 0) is 40.2 Å². The molecule has 0 fully saturated rings. The number of amides is 1. The van der Waals surface area contributed by atoms with E-state index in [-0.39, 0.29) is 30.1 Å². The SMILES string of the molecule is CCOC(=O)Cc1csc(NC(=O)CSc2nnc(-c3csc(C)c3C)n2C(C)C)n1. The zero-order valence-electron chi connectivity index (χ0n) is 18.1. The number of thiophene rings is 1. The van der Waals surface area contributed by atoms with Gasteiger partial charge in [0.2, 0.25) is 5.91 Å². The number of hydrogen-bond donors (Lipinski definition) is 1. The van der Waals surface area contributed by atoms with Crippen molar-refractivity contribution >= 4 is 51.4 Å². The first-order valence-corrected chi connectivity index (χ1v) is 12.6. The summed E-state index contributed by atoms with van der Waals surface area (Å²) in [5.74, 6) is 0.480. The monoisotopic (exact) mass is 479 g/mol. The molecule has 0 aliphatic heterocycles. The molecule has 1 N–H and O–H groups in total. The highest BCUT2D eigenvalue weighted by molar-refractivity contribution is 7.99. The Labute approximate surface area is 193 Å². The summed E-state index contributed by atoms with van der Waals surface area (Å²) in [6.07, 6.45) is 0.0940. The summed E-state index contributed by atoms with van der Waals surface area (Å²) in [6.45, 7) is 10.4. The van der Waals surface area contributed by atoms with Crippen molar-refractivity contribution in [1.82, 2.24) is 19.7 Å². The third kappa shape index (κ3) is 5.72. The minimum absolute atomic E-state index is 0.0940. The summed E-state index contributed by atoms with van der Waals surface area (Å²) in [5.41, 5.74) is 2.87. The van der Waals surface area contributed by atoms with Crippen molar-refractivity contribution in [2.24, 2.45) is 0 Å². The van der Waals surface area contributed by atoms with E-state index in [0.717, 1.165) is 11.4 Å². The second kappa shape index (κ2) is 10.4. The number of aryl methyl sites for hydroxylation is 1. The first-order chi connectivity index (χ1) is 14.8. The van der Waals surface area contributed by atoms with E-state index in [4.69, 9.17) is 4.74 Å². The third-order valence-corrected chi connectivity index (χ3v) is 7.23. The number of anilines is 1. The quantitative estimate of drug-likeness (QED) is 0.356. The van der Waals surface area contributed by atoms with Gasteiger partial charge in [0.25, 0.3) is 0 Å². The van der Waals surface area contributed by atoms with Gasteiger partial charge < -0.3 is 10.1 Å². The Bertz CT molecular complexity index is 1070. The number of esters is 1. The number of carbonyl (C=O) groups is 2. The Kier molecular flexibility index (Phi) is 7.84. The molecular formula is C20H25N5O3S3. The Morgan fingerprint density at radius 1 is 1.23 bits per heavy atom. The van der Waals surface area contributed by atoms with Crippen molar-refractivity contribution in [3.8, 4) is 11.4 Å². The fourth-order valence-electron chi connectivity index (χ4n) is 2.85. The van der Waals surface area contributed by atoms with Crippen molar-refractivity contribution in [3.05, 3.63) is 26.9 Å². The number of aromatic nitrogens is 4. The molecular weight excluding hydrogens is 454 g/mol. The summed E-state index contributed by atoms with van der Waals surface area (Å²) in [4.78, 5) is 29.5. The van der Waals surface area contributed by atoms with E-state index >= 15 is 0 Å². The first-order valence-electron chi connectivity index (χ1n) is 9.82. The average Bonchev–Trinajstić information content (AvgIpc) is 3.40. The second-order valence-electron chi connectivity index (χ2n) is 7.06. The van der Waals surface area contributed by atoms with Gasteiger partial charge in [0.05, 0.1) is 24.5 Å². The van der Waals surface area contributed by atoms with Crippen LogP contribution in [0.15, 0.2) is 15.9 Å². The van der Waals surface area contributed by atoms with E-state index in [1.54, 1.807) is 23.6 Å². The maximum Gasteiger partial charge on any atom is 0.311 e. The van der Waals surface area contributed by atoms with Crippen LogP contribution in [0.25, 0.3) is 11.4 Å². The summed E-state index contributed by atoms with van der Waals surface area (Å²) in [6, 6.07) is 0.152. The van der Waals surface area contributed by atoms with Crippen LogP contribution in [0.1, 0.15) is 42.9 Å². The van der Waals surface area contributed by atoms with Gasteiger partial charge in [0, 0.05) is 27.2 Å². The molecule has 3 aromatic rings. The molecule has 1 amide bonds. The lowest BCUT2D eigenvalue weighted by Crippen LogP contribution is -2.15. The molecule has 3 heterocycles. The molecule has 0 unspecified atom stereocenters. The molecule has 3 rings (SSSR count). The minimum atomic E-state index is -0.332. The molecule has 0 aromatic carbocycles. The molecule has 166 valence electrons. The molecule has 0 atom stereocenters. The molecule has 0 spiro atoms. The Morgan fingerprint density at radius 2 is 2.00 bits per heavy atom. The highest BCUT2D eigenvalue weighted by atomic mass is 32.2. The predicted octanol–water partition coefficient (Wildman–Crippen LogP) is 4.50. The van der Waals surface area contributed by atoms with Crippen LogP contribution in [-0.4, -0.2) is 44.0 Å². The molecule has 8 nitrogen and oxygen atoms in total. The van der Waals surface area contributed by atoms with Gasteiger partial charge in [0.1, 0.15) is 0 Å². The zero-order valence-corrected chi connectivity index (χ0v) is 20.5. The number of hydrogen-bond acceptors (Lipinski definition) is 9. The van der Waals surface area contributed by atoms with E-state index in [0.29, 0.717) is 22.6 Å². The maximum absolute atomic E-state index is 12.4. The molecule has 0 radical (unpaired) electrons. The zero-order chi connectivity index (χ0) is 22.5. The van der Waals surface area contributed by atoms with E-state index in [2.05, 4.69) is 58.1 Å². The van der Waals surface area contributed by atoms with Crippen LogP contribution in [-0.2, 0) is 20.7 Å². The molecule has 3 aromatic heterocycles. The topological polar surface area (TPSA) is 99.0 Å². The summed E-state index contributed by atoms with van der Waals surface area (Å²) < 4.78 is 6.98. The Hall–Kier alpha value is -2.24. The Balaban J connectivity index is 1.64. The lowest BCUT2D eigenvalue weighted by atomic mass is 10.1. The number of carbonyl (C=O) groups excluding carboxylic acids is 2. The number of nitrogens with one attached hydrogen (secondary N) is 1. The van der Waals surface area contributed by atoms with E-state index in [1.807, 2.05) is 0 Å². The number of thiazole rings is 1. The molecule has 0 saturated heterocycles. The smallest absolute Gasteiger partial charge is 0.311 e. The van der Waals surface area contributed by atoms with E-state index < -0.39 is 0 Å². The highest BCUT2D eigenvalue weighted by Gasteiger charge is 2.20. The highest BCUT2D eigenvalue weighted by Crippen LogP contribution is 2.33. The van der Waals surface area contributed by atoms with Crippen molar-refractivity contribution in [1.29, 1.82) is 0 Å². The Morgan fingerprint density at radius 3 is 2.65 bits per heavy atom. The molecule has 0 aliphatic rings. The molecule has 0 aliphatic carbocycles. The molecule has 0 saturated carbocycles.